The van der Waals surface area contributed by atoms with Crippen molar-refractivity contribution in [1.29, 1.82) is 0 Å². The Morgan fingerprint density at radius 1 is 1.44 bits per heavy atom. The van der Waals surface area contributed by atoms with Gasteiger partial charge < -0.3 is 16.0 Å². The summed E-state index contributed by atoms with van der Waals surface area (Å²) in [5, 5.41) is 2.87. The van der Waals surface area contributed by atoms with E-state index in [0.717, 1.165) is 5.56 Å². The number of nitrogens with two attached hydrogens (primary N) is 1. The average molecular weight is 251 g/mol. The molecule has 1 aliphatic rings. The van der Waals surface area contributed by atoms with E-state index in [1.165, 1.54) is 12.1 Å². The van der Waals surface area contributed by atoms with Crippen molar-refractivity contribution in [2.24, 2.45) is 5.73 Å². The highest BCUT2D eigenvalue weighted by molar-refractivity contribution is 5.77. The van der Waals surface area contributed by atoms with Crippen molar-refractivity contribution in [2.75, 3.05) is 13.1 Å². The standard InChI is InChI=1S/C13H18FN3O/c1-13(2,15)8-17-7-11(16-12(17)18)9-3-5-10(14)6-4-9/h3-6,11H,7-8,15H2,1-2H3,(H,16,18). The highest BCUT2D eigenvalue weighted by Gasteiger charge is 2.32. The van der Waals surface area contributed by atoms with Gasteiger partial charge in [0.1, 0.15) is 5.82 Å². The maximum atomic E-state index is 12.8. The Kier molecular flexibility index (Phi) is 3.26. The molecule has 1 heterocycles. The number of halogens is 1. The van der Waals surface area contributed by atoms with Gasteiger partial charge in [0.25, 0.3) is 0 Å². The average Bonchev–Trinajstić information content (AvgIpc) is 2.59. The van der Waals surface area contributed by atoms with Crippen molar-refractivity contribution in [2.45, 2.75) is 25.4 Å². The summed E-state index contributed by atoms with van der Waals surface area (Å²) in [5.41, 5.74) is 6.39. The van der Waals surface area contributed by atoms with Crippen LogP contribution in [0.5, 0.6) is 0 Å². The van der Waals surface area contributed by atoms with Crippen molar-refractivity contribution in [3.8, 4) is 0 Å². The lowest BCUT2D eigenvalue weighted by Crippen LogP contribution is -2.46. The number of carbonyl (C=O) groups is 1. The van der Waals surface area contributed by atoms with Crippen LogP contribution in [0.3, 0.4) is 0 Å². The minimum absolute atomic E-state index is 0.0968. The number of benzene rings is 1. The van der Waals surface area contributed by atoms with E-state index in [9.17, 15) is 9.18 Å². The third-order valence-corrected chi connectivity index (χ3v) is 2.86. The molecule has 2 rings (SSSR count). The Morgan fingerprint density at radius 3 is 2.61 bits per heavy atom. The van der Waals surface area contributed by atoms with E-state index >= 15 is 0 Å². The summed E-state index contributed by atoms with van der Waals surface area (Å²) in [6, 6.07) is 5.96. The van der Waals surface area contributed by atoms with Crippen LogP contribution in [0.15, 0.2) is 24.3 Å². The summed E-state index contributed by atoms with van der Waals surface area (Å²) < 4.78 is 12.8. The first-order valence-corrected chi connectivity index (χ1v) is 5.95. The smallest absolute Gasteiger partial charge is 0.318 e. The van der Waals surface area contributed by atoms with Gasteiger partial charge in [-0.15, -0.1) is 0 Å². The molecule has 1 aromatic carbocycles. The lowest BCUT2D eigenvalue weighted by atomic mass is 10.1. The molecule has 1 aromatic rings. The summed E-state index contributed by atoms with van der Waals surface area (Å²) in [7, 11) is 0. The molecule has 3 N–H and O–H groups in total. The first-order chi connectivity index (χ1) is 8.35. The van der Waals surface area contributed by atoms with E-state index in [1.807, 2.05) is 13.8 Å². The molecule has 5 heteroatoms. The highest BCUT2D eigenvalue weighted by atomic mass is 19.1. The van der Waals surface area contributed by atoms with Crippen LogP contribution in [0.4, 0.5) is 9.18 Å². The molecule has 1 saturated heterocycles. The van der Waals surface area contributed by atoms with Gasteiger partial charge in [-0.05, 0) is 31.5 Å². The zero-order valence-electron chi connectivity index (χ0n) is 10.6. The van der Waals surface area contributed by atoms with Gasteiger partial charge in [0.05, 0.1) is 6.04 Å². The Labute approximate surface area is 106 Å². The summed E-state index contributed by atoms with van der Waals surface area (Å²) in [6.07, 6.45) is 0. The van der Waals surface area contributed by atoms with Crippen molar-refractivity contribution in [3.05, 3.63) is 35.6 Å². The molecule has 1 atom stereocenters. The third kappa shape index (κ3) is 2.98. The first kappa shape index (κ1) is 12.8. The van der Waals surface area contributed by atoms with Crippen LogP contribution in [-0.4, -0.2) is 29.6 Å². The molecule has 0 saturated carbocycles. The van der Waals surface area contributed by atoms with Gasteiger partial charge in [0, 0.05) is 18.6 Å². The largest absolute Gasteiger partial charge is 0.329 e. The van der Waals surface area contributed by atoms with Crippen LogP contribution < -0.4 is 11.1 Å². The monoisotopic (exact) mass is 251 g/mol. The van der Waals surface area contributed by atoms with E-state index in [4.69, 9.17) is 5.73 Å². The van der Waals surface area contributed by atoms with Crippen LogP contribution >= 0.6 is 0 Å². The van der Waals surface area contributed by atoms with Gasteiger partial charge >= 0.3 is 6.03 Å². The molecule has 0 bridgehead atoms. The quantitative estimate of drug-likeness (QED) is 0.857. The van der Waals surface area contributed by atoms with E-state index < -0.39 is 5.54 Å². The van der Waals surface area contributed by atoms with E-state index in [0.29, 0.717) is 13.1 Å². The zero-order valence-corrected chi connectivity index (χ0v) is 10.6. The molecule has 0 aliphatic carbocycles. The fourth-order valence-electron chi connectivity index (χ4n) is 2.10. The number of urea groups is 1. The summed E-state index contributed by atoms with van der Waals surface area (Å²) >= 11 is 0. The van der Waals surface area contributed by atoms with Gasteiger partial charge in [0.2, 0.25) is 0 Å². The maximum absolute atomic E-state index is 12.8. The Bertz CT molecular complexity index is 439. The van der Waals surface area contributed by atoms with Crippen LogP contribution in [0.2, 0.25) is 0 Å². The predicted molar refractivity (Wildman–Crippen MR) is 67.5 cm³/mol. The lowest BCUT2D eigenvalue weighted by molar-refractivity contribution is 0.207. The summed E-state index contributed by atoms with van der Waals surface area (Å²) in [6.45, 7) is 4.82. The highest BCUT2D eigenvalue weighted by Crippen LogP contribution is 2.21. The second-order valence-corrected chi connectivity index (χ2v) is 5.42. The minimum atomic E-state index is -0.422. The van der Waals surface area contributed by atoms with Gasteiger partial charge in [-0.3, -0.25) is 0 Å². The molecule has 4 nitrogen and oxygen atoms in total. The molecular formula is C13H18FN3O. The van der Waals surface area contributed by atoms with Crippen molar-refractivity contribution in [3.63, 3.8) is 0 Å². The van der Waals surface area contributed by atoms with E-state index in [2.05, 4.69) is 5.32 Å². The normalized spacial score (nSPS) is 20.1. The predicted octanol–water partition coefficient (Wildman–Crippen LogP) is 1.63. The Hall–Kier alpha value is -1.62. The molecule has 0 aromatic heterocycles. The van der Waals surface area contributed by atoms with Gasteiger partial charge in [-0.25, -0.2) is 9.18 Å². The Morgan fingerprint density at radius 2 is 2.06 bits per heavy atom. The second kappa shape index (κ2) is 4.57. The molecular weight excluding hydrogens is 233 g/mol. The maximum Gasteiger partial charge on any atom is 0.318 e. The van der Waals surface area contributed by atoms with Crippen molar-refractivity contribution >= 4 is 6.03 Å². The van der Waals surface area contributed by atoms with Crippen molar-refractivity contribution < 1.29 is 9.18 Å². The Balaban J connectivity index is 2.06. The number of hydrogen-bond acceptors (Lipinski definition) is 2. The molecule has 2 amide bonds. The zero-order chi connectivity index (χ0) is 13.3. The first-order valence-electron chi connectivity index (χ1n) is 5.95. The minimum Gasteiger partial charge on any atom is -0.329 e. The molecule has 18 heavy (non-hydrogen) atoms. The lowest BCUT2D eigenvalue weighted by Gasteiger charge is -2.25. The molecule has 0 spiro atoms. The fourth-order valence-corrected chi connectivity index (χ4v) is 2.10. The fraction of sp³-hybridized carbons (Fsp3) is 0.462. The molecule has 0 radical (unpaired) electrons. The summed E-state index contributed by atoms with van der Waals surface area (Å²) in [5.74, 6) is -0.275. The second-order valence-electron chi connectivity index (χ2n) is 5.42. The number of rotatable bonds is 3. The number of hydrogen-bond donors (Lipinski definition) is 2. The molecule has 98 valence electrons. The van der Waals surface area contributed by atoms with Gasteiger partial charge in [-0.1, -0.05) is 12.1 Å². The molecule has 1 aliphatic heterocycles. The summed E-state index contributed by atoms with van der Waals surface area (Å²) in [4.78, 5) is 13.5. The number of nitrogens with zero attached hydrogens (tertiary/aromatic N) is 1. The SMILES string of the molecule is CC(C)(N)CN1CC(c2ccc(F)cc2)NC1=O. The number of carbonyl (C=O) groups excluding carboxylic acids is 1. The topological polar surface area (TPSA) is 58.4 Å². The van der Waals surface area contributed by atoms with Crippen LogP contribution in [0, 0.1) is 5.82 Å². The van der Waals surface area contributed by atoms with Gasteiger partial charge in [0.15, 0.2) is 0 Å². The number of nitrogens with one attached hydrogen (secondary N) is 1. The van der Waals surface area contributed by atoms with Crippen molar-refractivity contribution in [1.82, 2.24) is 10.2 Å². The molecule has 1 unspecified atom stereocenters. The molecule has 1 fully saturated rings. The number of amides is 2. The van der Waals surface area contributed by atoms with Crippen LogP contribution in [0.1, 0.15) is 25.5 Å². The van der Waals surface area contributed by atoms with E-state index in [-0.39, 0.29) is 17.9 Å². The van der Waals surface area contributed by atoms with Gasteiger partial charge in [-0.2, -0.15) is 0 Å². The van der Waals surface area contributed by atoms with E-state index in [1.54, 1.807) is 17.0 Å². The van der Waals surface area contributed by atoms with Crippen LogP contribution in [-0.2, 0) is 0 Å². The third-order valence-electron chi connectivity index (χ3n) is 2.86. The van der Waals surface area contributed by atoms with Crippen LogP contribution in [0.25, 0.3) is 0 Å².